The molecule has 32 heavy (non-hydrogen) atoms. The monoisotopic (exact) mass is 446 g/mol. The molecular formula is C24H22N4O3S. The van der Waals surface area contributed by atoms with Crippen molar-refractivity contribution in [3.63, 3.8) is 0 Å². The molecular weight excluding hydrogens is 424 g/mol. The van der Waals surface area contributed by atoms with Gasteiger partial charge < -0.3 is 5.32 Å². The predicted octanol–water partition coefficient (Wildman–Crippen LogP) is 3.66. The van der Waals surface area contributed by atoms with E-state index in [9.17, 15) is 13.2 Å². The first-order valence-corrected chi connectivity index (χ1v) is 11.5. The molecule has 0 aliphatic carbocycles. The molecule has 162 valence electrons. The van der Waals surface area contributed by atoms with Gasteiger partial charge in [0, 0.05) is 30.2 Å². The molecule has 7 nitrogen and oxygen atoms in total. The number of sulfonamides is 1. The molecule has 0 aliphatic rings. The third-order valence-electron chi connectivity index (χ3n) is 4.83. The Morgan fingerprint density at radius 3 is 2.19 bits per heavy atom. The van der Waals surface area contributed by atoms with Gasteiger partial charge >= 0.3 is 0 Å². The van der Waals surface area contributed by atoms with E-state index in [2.05, 4.69) is 15.1 Å². The second kappa shape index (κ2) is 9.49. The topological polar surface area (TPSA) is 93.1 Å². The van der Waals surface area contributed by atoms with Crippen LogP contribution in [0.15, 0.2) is 102 Å². The highest BCUT2D eigenvalue weighted by molar-refractivity contribution is 7.92. The summed E-state index contributed by atoms with van der Waals surface area (Å²) in [5, 5.41) is 7.07. The molecule has 2 N–H and O–H groups in total. The zero-order valence-corrected chi connectivity index (χ0v) is 18.0. The Hall–Kier alpha value is -3.91. The molecule has 0 saturated carbocycles. The number of nitrogens with zero attached hydrogens (tertiary/aromatic N) is 2. The van der Waals surface area contributed by atoms with Crippen molar-refractivity contribution < 1.29 is 13.2 Å². The van der Waals surface area contributed by atoms with E-state index in [1.54, 1.807) is 48.7 Å². The van der Waals surface area contributed by atoms with Crippen molar-refractivity contribution in [2.24, 2.45) is 0 Å². The molecule has 1 amide bonds. The van der Waals surface area contributed by atoms with E-state index in [1.165, 1.54) is 12.1 Å². The molecule has 0 saturated heterocycles. The summed E-state index contributed by atoms with van der Waals surface area (Å²) in [7, 11) is -3.67. The third-order valence-corrected chi connectivity index (χ3v) is 6.23. The number of carbonyl (C=O) groups excluding carboxylic acids is 1. The SMILES string of the molecule is O=C(NCc1ccc(Cn2cccn2)cc1)c1ccc(NS(=O)(=O)c2ccccc2)cc1. The van der Waals surface area contributed by atoms with Gasteiger partial charge in [-0.15, -0.1) is 0 Å². The average molecular weight is 447 g/mol. The van der Waals surface area contributed by atoms with Gasteiger partial charge in [-0.05, 0) is 53.6 Å². The summed E-state index contributed by atoms with van der Waals surface area (Å²) in [6, 6.07) is 24.3. The first-order valence-electron chi connectivity index (χ1n) is 10.0. The van der Waals surface area contributed by atoms with Crippen LogP contribution in [0, 0.1) is 0 Å². The fourth-order valence-corrected chi connectivity index (χ4v) is 4.21. The average Bonchev–Trinajstić information content (AvgIpc) is 3.32. The van der Waals surface area contributed by atoms with E-state index in [0.29, 0.717) is 24.3 Å². The van der Waals surface area contributed by atoms with Crippen LogP contribution in [0.5, 0.6) is 0 Å². The highest BCUT2D eigenvalue weighted by Crippen LogP contribution is 2.16. The lowest BCUT2D eigenvalue weighted by Crippen LogP contribution is -2.22. The van der Waals surface area contributed by atoms with Crippen LogP contribution in [-0.4, -0.2) is 24.1 Å². The second-order valence-corrected chi connectivity index (χ2v) is 8.88. The van der Waals surface area contributed by atoms with Gasteiger partial charge in [0.1, 0.15) is 0 Å². The molecule has 0 fully saturated rings. The summed E-state index contributed by atoms with van der Waals surface area (Å²) in [5.41, 5.74) is 2.94. The number of carbonyl (C=O) groups is 1. The van der Waals surface area contributed by atoms with Gasteiger partial charge in [0.2, 0.25) is 0 Å². The molecule has 0 atom stereocenters. The number of nitrogens with one attached hydrogen (secondary N) is 2. The zero-order chi connectivity index (χ0) is 22.4. The first-order chi connectivity index (χ1) is 15.5. The van der Waals surface area contributed by atoms with E-state index < -0.39 is 10.0 Å². The smallest absolute Gasteiger partial charge is 0.261 e. The minimum absolute atomic E-state index is 0.178. The minimum Gasteiger partial charge on any atom is -0.348 e. The van der Waals surface area contributed by atoms with E-state index in [-0.39, 0.29) is 10.8 Å². The quantitative estimate of drug-likeness (QED) is 0.432. The van der Waals surface area contributed by atoms with Crippen LogP contribution in [0.3, 0.4) is 0 Å². The van der Waals surface area contributed by atoms with Gasteiger partial charge in [0.15, 0.2) is 0 Å². The standard InChI is InChI=1S/C24H22N4O3S/c29-24(25-17-19-7-9-20(10-8-19)18-28-16-4-15-26-28)21-11-13-22(14-12-21)27-32(30,31)23-5-2-1-3-6-23/h1-16,27H,17-18H2,(H,25,29). The van der Waals surface area contributed by atoms with E-state index >= 15 is 0 Å². The molecule has 1 heterocycles. The van der Waals surface area contributed by atoms with E-state index in [0.717, 1.165) is 11.1 Å². The number of amides is 1. The lowest BCUT2D eigenvalue weighted by atomic mass is 10.1. The van der Waals surface area contributed by atoms with Crippen LogP contribution >= 0.6 is 0 Å². The van der Waals surface area contributed by atoms with Crippen molar-refractivity contribution in [3.05, 3.63) is 114 Å². The van der Waals surface area contributed by atoms with Crippen molar-refractivity contribution in [2.75, 3.05) is 4.72 Å². The van der Waals surface area contributed by atoms with Gasteiger partial charge in [-0.2, -0.15) is 5.10 Å². The van der Waals surface area contributed by atoms with E-state index in [4.69, 9.17) is 0 Å². The molecule has 4 rings (SSSR count). The van der Waals surface area contributed by atoms with Crippen LogP contribution in [-0.2, 0) is 23.1 Å². The van der Waals surface area contributed by atoms with Gasteiger partial charge in [0.05, 0.1) is 11.4 Å². The minimum atomic E-state index is -3.67. The van der Waals surface area contributed by atoms with Crippen molar-refractivity contribution in [1.82, 2.24) is 15.1 Å². The number of benzene rings is 3. The first kappa shape index (κ1) is 21.3. The maximum atomic E-state index is 12.5. The van der Waals surface area contributed by atoms with Crippen LogP contribution in [0.4, 0.5) is 5.69 Å². The van der Waals surface area contributed by atoms with Crippen LogP contribution in [0.2, 0.25) is 0 Å². The maximum Gasteiger partial charge on any atom is 0.261 e. The van der Waals surface area contributed by atoms with Gasteiger partial charge in [-0.25, -0.2) is 8.42 Å². The highest BCUT2D eigenvalue weighted by atomic mass is 32.2. The Kier molecular flexibility index (Phi) is 6.32. The summed E-state index contributed by atoms with van der Waals surface area (Å²) in [5.74, 6) is -0.233. The molecule has 0 radical (unpaired) electrons. The largest absolute Gasteiger partial charge is 0.348 e. The number of anilines is 1. The van der Waals surface area contributed by atoms with Crippen molar-refractivity contribution >= 4 is 21.6 Å². The van der Waals surface area contributed by atoms with Crippen LogP contribution < -0.4 is 10.0 Å². The third kappa shape index (κ3) is 5.41. The summed E-state index contributed by atoms with van der Waals surface area (Å²) < 4.78 is 29.2. The molecule has 3 aromatic carbocycles. The maximum absolute atomic E-state index is 12.5. The highest BCUT2D eigenvalue weighted by Gasteiger charge is 2.14. The summed E-state index contributed by atoms with van der Waals surface area (Å²) in [6.07, 6.45) is 3.65. The summed E-state index contributed by atoms with van der Waals surface area (Å²) in [6.45, 7) is 1.09. The molecule has 1 aromatic heterocycles. The molecule has 0 unspecified atom stereocenters. The molecule has 4 aromatic rings. The number of aromatic nitrogens is 2. The summed E-state index contributed by atoms with van der Waals surface area (Å²) >= 11 is 0. The van der Waals surface area contributed by atoms with Crippen molar-refractivity contribution in [2.45, 2.75) is 18.0 Å². The van der Waals surface area contributed by atoms with Crippen LogP contribution in [0.1, 0.15) is 21.5 Å². The van der Waals surface area contributed by atoms with Crippen molar-refractivity contribution in [3.8, 4) is 0 Å². The molecule has 0 bridgehead atoms. The van der Waals surface area contributed by atoms with E-state index in [1.807, 2.05) is 41.2 Å². The Balaban J connectivity index is 1.32. The fourth-order valence-electron chi connectivity index (χ4n) is 3.13. The Morgan fingerprint density at radius 2 is 1.53 bits per heavy atom. The molecule has 0 spiro atoms. The zero-order valence-electron chi connectivity index (χ0n) is 17.2. The lowest BCUT2D eigenvalue weighted by molar-refractivity contribution is 0.0951. The lowest BCUT2D eigenvalue weighted by Gasteiger charge is -2.10. The van der Waals surface area contributed by atoms with Crippen molar-refractivity contribution in [1.29, 1.82) is 0 Å². The molecule has 0 aliphatic heterocycles. The fraction of sp³-hybridized carbons (Fsp3) is 0.0833. The molecule has 8 heteroatoms. The number of hydrogen-bond acceptors (Lipinski definition) is 4. The Morgan fingerprint density at radius 1 is 0.844 bits per heavy atom. The Bertz CT molecular complexity index is 1270. The Labute approximate surface area is 186 Å². The number of rotatable bonds is 8. The van der Waals surface area contributed by atoms with Gasteiger partial charge in [-0.3, -0.25) is 14.2 Å². The normalized spacial score (nSPS) is 11.1. The number of hydrogen-bond donors (Lipinski definition) is 2. The predicted molar refractivity (Wildman–Crippen MR) is 123 cm³/mol. The second-order valence-electron chi connectivity index (χ2n) is 7.20. The summed E-state index contributed by atoms with van der Waals surface area (Å²) in [4.78, 5) is 12.6. The van der Waals surface area contributed by atoms with Gasteiger partial charge in [0.25, 0.3) is 15.9 Å². The van der Waals surface area contributed by atoms with Gasteiger partial charge in [-0.1, -0.05) is 42.5 Å². The van der Waals surface area contributed by atoms with Crippen LogP contribution in [0.25, 0.3) is 0 Å².